The third-order valence-electron chi connectivity index (χ3n) is 4.51. The molecule has 8 heteroatoms. The molecule has 29 heavy (non-hydrogen) atoms. The van der Waals surface area contributed by atoms with E-state index in [9.17, 15) is 14.4 Å². The Hall–Kier alpha value is -3.39. The van der Waals surface area contributed by atoms with Gasteiger partial charge in [0.25, 0.3) is 5.91 Å². The first-order chi connectivity index (χ1) is 14.0. The number of nitrogens with zero attached hydrogens (tertiary/aromatic N) is 2. The van der Waals surface area contributed by atoms with Crippen molar-refractivity contribution in [3.63, 3.8) is 0 Å². The van der Waals surface area contributed by atoms with Crippen LogP contribution in [0.2, 0.25) is 0 Å². The SMILES string of the molecule is CC(=O)Cc1nsc(NC(=O)c2ccc3c(c2)C[C@H](c2ccccc2)OC3=O)n1. The molecule has 1 N–H and O–H groups in total. The van der Waals surface area contributed by atoms with Gasteiger partial charge in [-0.2, -0.15) is 4.37 Å². The Balaban J connectivity index is 1.53. The van der Waals surface area contributed by atoms with E-state index in [4.69, 9.17) is 4.74 Å². The van der Waals surface area contributed by atoms with Gasteiger partial charge in [-0.15, -0.1) is 0 Å². The van der Waals surface area contributed by atoms with Gasteiger partial charge in [0, 0.05) is 23.5 Å². The fourth-order valence-electron chi connectivity index (χ4n) is 3.16. The van der Waals surface area contributed by atoms with Crippen molar-refractivity contribution in [2.75, 3.05) is 5.32 Å². The second-order valence-electron chi connectivity index (χ2n) is 6.73. The van der Waals surface area contributed by atoms with Crippen LogP contribution in [0.1, 0.15) is 50.7 Å². The van der Waals surface area contributed by atoms with E-state index in [0.717, 1.165) is 22.7 Å². The molecule has 0 saturated carbocycles. The van der Waals surface area contributed by atoms with E-state index in [0.29, 0.717) is 28.5 Å². The molecule has 2 heterocycles. The largest absolute Gasteiger partial charge is 0.454 e. The standard InChI is InChI=1S/C21H17N3O4S/c1-12(25)9-18-22-21(29-24-18)23-19(26)14-7-8-16-15(10-14)11-17(28-20(16)27)13-5-3-2-4-6-13/h2-8,10,17H,9,11H2,1H3,(H,22,23,24,26)/t17-/m1/s1. The molecule has 0 radical (unpaired) electrons. The number of carbonyl (C=O) groups excluding carboxylic acids is 3. The molecule has 0 unspecified atom stereocenters. The van der Waals surface area contributed by atoms with Gasteiger partial charge in [0.15, 0.2) is 5.82 Å². The Labute approximate surface area is 170 Å². The van der Waals surface area contributed by atoms with Gasteiger partial charge in [0.2, 0.25) is 5.13 Å². The Bertz CT molecular complexity index is 1090. The molecule has 1 amide bonds. The quantitative estimate of drug-likeness (QED) is 0.651. The lowest BCUT2D eigenvalue weighted by Crippen LogP contribution is -2.23. The minimum Gasteiger partial charge on any atom is -0.454 e. The smallest absolute Gasteiger partial charge is 0.339 e. The molecule has 0 fully saturated rings. The maximum Gasteiger partial charge on any atom is 0.339 e. The van der Waals surface area contributed by atoms with Crippen LogP contribution in [0.15, 0.2) is 48.5 Å². The lowest BCUT2D eigenvalue weighted by atomic mass is 9.93. The number of nitrogens with one attached hydrogen (secondary N) is 1. The molecule has 0 saturated heterocycles. The highest BCUT2D eigenvalue weighted by atomic mass is 32.1. The lowest BCUT2D eigenvalue weighted by molar-refractivity contribution is -0.116. The second-order valence-corrected chi connectivity index (χ2v) is 7.48. The maximum absolute atomic E-state index is 12.6. The Morgan fingerprint density at radius 1 is 1.21 bits per heavy atom. The van der Waals surface area contributed by atoms with Crippen LogP contribution in [0, 0.1) is 0 Å². The third kappa shape index (κ3) is 4.22. The summed E-state index contributed by atoms with van der Waals surface area (Å²) in [5.41, 5.74) is 2.55. The summed E-state index contributed by atoms with van der Waals surface area (Å²) in [7, 11) is 0. The predicted molar refractivity (Wildman–Crippen MR) is 107 cm³/mol. The summed E-state index contributed by atoms with van der Waals surface area (Å²) >= 11 is 1.02. The molecule has 0 bridgehead atoms. The van der Waals surface area contributed by atoms with E-state index in [1.807, 2.05) is 30.3 Å². The molecule has 1 aromatic heterocycles. The topological polar surface area (TPSA) is 98.3 Å². The fourth-order valence-corrected chi connectivity index (χ4v) is 3.74. The highest BCUT2D eigenvalue weighted by Gasteiger charge is 2.28. The van der Waals surface area contributed by atoms with E-state index in [1.165, 1.54) is 6.92 Å². The molecule has 1 aliphatic heterocycles. The van der Waals surface area contributed by atoms with Crippen molar-refractivity contribution in [2.24, 2.45) is 0 Å². The van der Waals surface area contributed by atoms with Crippen LogP contribution in [0.5, 0.6) is 0 Å². The van der Waals surface area contributed by atoms with E-state index in [-0.39, 0.29) is 24.2 Å². The molecule has 2 aromatic carbocycles. The number of ketones is 1. The monoisotopic (exact) mass is 407 g/mol. The van der Waals surface area contributed by atoms with Gasteiger partial charge in [0.05, 0.1) is 12.0 Å². The molecule has 3 aromatic rings. The van der Waals surface area contributed by atoms with Crippen molar-refractivity contribution in [2.45, 2.75) is 25.9 Å². The number of amides is 1. The van der Waals surface area contributed by atoms with E-state index < -0.39 is 5.97 Å². The minimum atomic E-state index is -0.398. The van der Waals surface area contributed by atoms with Crippen molar-refractivity contribution in [3.8, 4) is 0 Å². The summed E-state index contributed by atoms with van der Waals surface area (Å²) in [6.45, 7) is 1.46. The second kappa shape index (κ2) is 7.92. The van der Waals surface area contributed by atoms with Gasteiger partial charge < -0.3 is 4.74 Å². The first-order valence-corrected chi connectivity index (χ1v) is 9.79. The number of ether oxygens (including phenoxy) is 1. The number of fused-ring (bicyclic) bond motifs is 1. The van der Waals surface area contributed by atoms with Crippen molar-refractivity contribution < 1.29 is 19.1 Å². The number of cyclic esters (lactones) is 1. The Morgan fingerprint density at radius 3 is 2.76 bits per heavy atom. The van der Waals surface area contributed by atoms with E-state index in [1.54, 1.807) is 18.2 Å². The third-order valence-corrected chi connectivity index (χ3v) is 5.18. The first-order valence-electron chi connectivity index (χ1n) is 9.02. The summed E-state index contributed by atoms with van der Waals surface area (Å²) < 4.78 is 9.61. The molecule has 1 aliphatic rings. The summed E-state index contributed by atoms with van der Waals surface area (Å²) in [5, 5.41) is 3.02. The summed E-state index contributed by atoms with van der Waals surface area (Å²) in [6, 6.07) is 14.4. The van der Waals surface area contributed by atoms with Crippen LogP contribution in [-0.2, 0) is 22.4 Å². The Kier molecular flexibility index (Phi) is 5.18. The number of aromatic nitrogens is 2. The van der Waals surface area contributed by atoms with Crippen molar-refractivity contribution in [1.82, 2.24) is 9.36 Å². The van der Waals surface area contributed by atoms with Gasteiger partial charge in [0.1, 0.15) is 11.9 Å². The zero-order valence-corrected chi connectivity index (χ0v) is 16.4. The highest BCUT2D eigenvalue weighted by Crippen LogP contribution is 2.31. The Morgan fingerprint density at radius 2 is 2.00 bits per heavy atom. The zero-order valence-electron chi connectivity index (χ0n) is 15.5. The average molecular weight is 407 g/mol. The predicted octanol–water partition coefficient (Wildman–Crippen LogP) is 3.38. The number of hydrogen-bond acceptors (Lipinski definition) is 7. The maximum atomic E-state index is 12.6. The van der Waals surface area contributed by atoms with Gasteiger partial charge in [-0.05, 0) is 36.2 Å². The summed E-state index contributed by atoms with van der Waals surface area (Å²) in [6.07, 6.45) is 0.244. The zero-order chi connectivity index (χ0) is 20.4. The molecular formula is C21H17N3O4S. The van der Waals surface area contributed by atoms with Gasteiger partial charge >= 0.3 is 5.97 Å². The van der Waals surface area contributed by atoms with Crippen LogP contribution >= 0.6 is 11.5 Å². The fraction of sp³-hybridized carbons (Fsp3) is 0.190. The molecule has 1 atom stereocenters. The van der Waals surface area contributed by atoms with Crippen LogP contribution in [0.3, 0.4) is 0 Å². The number of anilines is 1. The van der Waals surface area contributed by atoms with E-state index in [2.05, 4.69) is 14.7 Å². The number of benzene rings is 2. The van der Waals surface area contributed by atoms with E-state index >= 15 is 0 Å². The number of carbonyl (C=O) groups is 3. The van der Waals surface area contributed by atoms with Crippen LogP contribution in [0.4, 0.5) is 5.13 Å². The normalized spacial score (nSPS) is 15.3. The van der Waals surface area contributed by atoms with Gasteiger partial charge in [-0.25, -0.2) is 9.78 Å². The number of hydrogen-bond donors (Lipinski definition) is 1. The lowest BCUT2D eigenvalue weighted by Gasteiger charge is -2.25. The van der Waals surface area contributed by atoms with Crippen molar-refractivity contribution in [3.05, 3.63) is 76.6 Å². The van der Waals surface area contributed by atoms with Crippen molar-refractivity contribution in [1.29, 1.82) is 0 Å². The summed E-state index contributed by atoms with van der Waals surface area (Å²) in [4.78, 5) is 40.3. The van der Waals surface area contributed by atoms with Gasteiger partial charge in [-0.3, -0.25) is 14.9 Å². The average Bonchev–Trinajstić information content (AvgIpc) is 3.14. The number of esters is 1. The van der Waals surface area contributed by atoms with Gasteiger partial charge in [-0.1, -0.05) is 30.3 Å². The summed E-state index contributed by atoms with van der Waals surface area (Å²) in [5.74, 6) is -0.412. The molecular weight excluding hydrogens is 390 g/mol. The molecule has 0 spiro atoms. The molecule has 0 aliphatic carbocycles. The van der Waals surface area contributed by atoms with Crippen LogP contribution in [-0.4, -0.2) is 27.0 Å². The molecule has 146 valence electrons. The first kappa shape index (κ1) is 18.9. The number of Topliss-reactive ketones (excluding diaryl/α,β-unsaturated/α-hetero) is 1. The molecule has 7 nitrogen and oxygen atoms in total. The van der Waals surface area contributed by atoms with Crippen molar-refractivity contribution >= 4 is 34.3 Å². The number of rotatable bonds is 5. The van der Waals surface area contributed by atoms with Crippen LogP contribution in [0.25, 0.3) is 0 Å². The highest BCUT2D eigenvalue weighted by molar-refractivity contribution is 7.09. The molecule has 4 rings (SSSR count). The van der Waals surface area contributed by atoms with Crippen LogP contribution < -0.4 is 5.32 Å². The minimum absolute atomic E-state index is 0.0461.